The van der Waals surface area contributed by atoms with Gasteiger partial charge in [0.1, 0.15) is 5.82 Å². The summed E-state index contributed by atoms with van der Waals surface area (Å²) in [6.07, 6.45) is 0.639. The van der Waals surface area contributed by atoms with Crippen LogP contribution in [0, 0.1) is 11.7 Å². The highest BCUT2D eigenvalue weighted by Gasteiger charge is 2.07. The molecule has 1 atom stereocenters. The van der Waals surface area contributed by atoms with Crippen LogP contribution in [0.15, 0.2) is 22.7 Å². The van der Waals surface area contributed by atoms with Crippen LogP contribution in [0.1, 0.15) is 18.9 Å². The standard InChI is InChI=1S/C13H18BrFN2O2/c1-9(4-5-18)7-16-13(19)17-8-10-6-11(14)2-3-12(10)15/h2-3,6,9,18H,4-5,7-8H2,1H3,(H2,16,17,19). The van der Waals surface area contributed by atoms with Crippen molar-refractivity contribution in [3.63, 3.8) is 0 Å². The lowest BCUT2D eigenvalue weighted by molar-refractivity contribution is 0.233. The number of carbonyl (C=O) groups is 1. The molecular formula is C13H18BrFN2O2. The van der Waals surface area contributed by atoms with E-state index in [4.69, 9.17) is 5.11 Å². The topological polar surface area (TPSA) is 61.4 Å². The molecule has 2 amide bonds. The molecular weight excluding hydrogens is 315 g/mol. The number of aliphatic hydroxyl groups is 1. The van der Waals surface area contributed by atoms with Crippen LogP contribution >= 0.6 is 15.9 Å². The average Bonchev–Trinajstić information content (AvgIpc) is 2.38. The van der Waals surface area contributed by atoms with Gasteiger partial charge < -0.3 is 15.7 Å². The summed E-state index contributed by atoms with van der Waals surface area (Å²) in [7, 11) is 0. The molecule has 0 saturated carbocycles. The Bertz CT molecular complexity index is 429. The molecule has 1 unspecified atom stereocenters. The molecule has 0 spiro atoms. The first kappa shape index (κ1) is 15.9. The van der Waals surface area contributed by atoms with Gasteiger partial charge in [-0.25, -0.2) is 9.18 Å². The number of rotatable bonds is 6. The maximum atomic E-state index is 13.4. The molecule has 106 valence electrons. The molecule has 4 nitrogen and oxygen atoms in total. The minimum atomic E-state index is -0.350. The Balaban J connectivity index is 2.35. The Morgan fingerprint density at radius 3 is 2.89 bits per heavy atom. The third-order valence-corrected chi connectivity index (χ3v) is 3.17. The molecule has 0 aliphatic heterocycles. The van der Waals surface area contributed by atoms with E-state index in [1.165, 1.54) is 6.07 Å². The summed E-state index contributed by atoms with van der Waals surface area (Å²) in [6, 6.07) is 4.24. The molecule has 0 saturated heterocycles. The lowest BCUT2D eigenvalue weighted by Gasteiger charge is -2.12. The van der Waals surface area contributed by atoms with Crippen molar-refractivity contribution in [2.75, 3.05) is 13.2 Å². The first-order chi connectivity index (χ1) is 9.02. The summed E-state index contributed by atoms with van der Waals surface area (Å²) in [6.45, 7) is 2.65. The van der Waals surface area contributed by atoms with Crippen molar-refractivity contribution in [2.45, 2.75) is 19.9 Å². The zero-order chi connectivity index (χ0) is 14.3. The van der Waals surface area contributed by atoms with Gasteiger partial charge in [-0.3, -0.25) is 0 Å². The number of hydrogen-bond acceptors (Lipinski definition) is 2. The minimum absolute atomic E-state index is 0.105. The number of halogens is 2. The smallest absolute Gasteiger partial charge is 0.315 e. The van der Waals surface area contributed by atoms with E-state index in [1.807, 2.05) is 6.92 Å². The molecule has 0 radical (unpaired) electrons. The first-order valence-electron chi connectivity index (χ1n) is 6.09. The van der Waals surface area contributed by atoms with Gasteiger partial charge in [0.05, 0.1) is 0 Å². The summed E-state index contributed by atoms with van der Waals surface area (Å²) in [5.41, 5.74) is 0.424. The molecule has 0 aliphatic rings. The van der Waals surface area contributed by atoms with Crippen LogP contribution in [-0.4, -0.2) is 24.3 Å². The number of benzene rings is 1. The molecule has 0 aromatic heterocycles. The van der Waals surface area contributed by atoms with E-state index in [9.17, 15) is 9.18 Å². The number of hydrogen-bond donors (Lipinski definition) is 3. The predicted molar refractivity (Wildman–Crippen MR) is 75.2 cm³/mol. The van der Waals surface area contributed by atoms with Gasteiger partial charge >= 0.3 is 6.03 Å². The van der Waals surface area contributed by atoms with Crippen molar-refractivity contribution in [1.82, 2.24) is 10.6 Å². The van der Waals surface area contributed by atoms with Crippen LogP contribution in [0.2, 0.25) is 0 Å². The van der Waals surface area contributed by atoms with Crippen LogP contribution in [0.25, 0.3) is 0 Å². The van der Waals surface area contributed by atoms with Gasteiger partial charge in [-0.05, 0) is 30.5 Å². The Morgan fingerprint density at radius 1 is 1.47 bits per heavy atom. The van der Waals surface area contributed by atoms with Gasteiger partial charge in [0.15, 0.2) is 0 Å². The zero-order valence-electron chi connectivity index (χ0n) is 10.7. The fourth-order valence-corrected chi connectivity index (χ4v) is 1.91. The second-order valence-electron chi connectivity index (χ2n) is 4.42. The quantitative estimate of drug-likeness (QED) is 0.749. The highest BCUT2D eigenvalue weighted by molar-refractivity contribution is 9.10. The van der Waals surface area contributed by atoms with Crippen molar-refractivity contribution in [3.8, 4) is 0 Å². The molecule has 0 aliphatic carbocycles. The van der Waals surface area contributed by atoms with Gasteiger partial charge in [0, 0.05) is 29.7 Å². The van der Waals surface area contributed by atoms with Crippen LogP contribution in [0.4, 0.5) is 9.18 Å². The number of carbonyl (C=O) groups excluding carboxylic acids is 1. The van der Waals surface area contributed by atoms with Crippen LogP contribution in [-0.2, 0) is 6.54 Å². The summed E-state index contributed by atoms with van der Waals surface area (Å²) < 4.78 is 14.2. The minimum Gasteiger partial charge on any atom is -0.396 e. The summed E-state index contributed by atoms with van der Waals surface area (Å²) in [5.74, 6) is -0.143. The Morgan fingerprint density at radius 2 is 2.21 bits per heavy atom. The highest BCUT2D eigenvalue weighted by Crippen LogP contribution is 2.15. The molecule has 0 bridgehead atoms. The molecule has 1 aromatic carbocycles. The van der Waals surface area contributed by atoms with Crippen LogP contribution in [0.5, 0.6) is 0 Å². The lowest BCUT2D eigenvalue weighted by Crippen LogP contribution is -2.37. The second kappa shape index (κ2) is 8.12. The van der Waals surface area contributed by atoms with Crippen LogP contribution in [0.3, 0.4) is 0 Å². The van der Waals surface area contributed by atoms with E-state index in [-0.39, 0.29) is 30.9 Å². The summed E-state index contributed by atoms with van der Waals surface area (Å²) in [5, 5.41) is 14.0. The SMILES string of the molecule is CC(CCO)CNC(=O)NCc1cc(Br)ccc1F. The Labute approximate surface area is 120 Å². The van der Waals surface area contributed by atoms with Gasteiger partial charge in [-0.2, -0.15) is 0 Å². The van der Waals surface area contributed by atoms with Crippen molar-refractivity contribution in [1.29, 1.82) is 0 Å². The Hall–Kier alpha value is -1.14. The number of nitrogens with one attached hydrogen (secondary N) is 2. The van der Waals surface area contributed by atoms with Crippen molar-refractivity contribution < 1.29 is 14.3 Å². The summed E-state index contributed by atoms with van der Waals surface area (Å²) >= 11 is 3.25. The number of amides is 2. The van der Waals surface area contributed by atoms with Gasteiger partial charge in [0.2, 0.25) is 0 Å². The monoisotopic (exact) mass is 332 g/mol. The summed E-state index contributed by atoms with van der Waals surface area (Å²) in [4.78, 5) is 11.5. The highest BCUT2D eigenvalue weighted by atomic mass is 79.9. The fraction of sp³-hybridized carbons (Fsp3) is 0.462. The Kier molecular flexibility index (Phi) is 6.80. The van der Waals surface area contributed by atoms with Crippen LogP contribution < -0.4 is 10.6 Å². The average molecular weight is 333 g/mol. The second-order valence-corrected chi connectivity index (χ2v) is 5.33. The van der Waals surface area contributed by atoms with E-state index in [2.05, 4.69) is 26.6 Å². The molecule has 6 heteroatoms. The van der Waals surface area contributed by atoms with E-state index in [0.717, 1.165) is 4.47 Å². The van der Waals surface area contributed by atoms with Gasteiger partial charge in [-0.1, -0.05) is 22.9 Å². The number of urea groups is 1. The van der Waals surface area contributed by atoms with E-state index in [0.29, 0.717) is 18.5 Å². The third-order valence-electron chi connectivity index (χ3n) is 2.68. The lowest BCUT2D eigenvalue weighted by atomic mass is 10.1. The maximum absolute atomic E-state index is 13.4. The molecule has 0 heterocycles. The van der Waals surface area contributed by atoms with E-state index < -0.39 is 0 Å². The molecule has 1 aromatic rings. The van der Waals surface area contributed by atoms with Gasteiger partial charge in [0.25, 0.3) is 0 Å². The van der Waals surface area contributed by atoms with Crippen molar-refractivity contribution in [3.05, 3.63) is 34.1 Å². The zero-order valence-corrected chi connectivity index (χ0v) is 12.3. The molecule has 3 N–H and O–H groups in total. The molecule has 0 fully saturated rings. The predicted octanol–water partition coefficient (Wildman–Crippen LogP) is 2.41. The number of aliphatic hydroxyl groups excluding tert-OH is 1. The van der Waals surface area contributed by atoms with Gasteiger partial charge in [-0.15, -0.1) is 0 Å². The molecule has 19 heavy (non-hydrogen) atoms. The van der Waals surface area contributed by atoms with Crippen molar-refractivity contribution >= 4 is 22.0 Å². The first-order valence-corrected chi connectivity index (χ1v) is 6.88. The molecule has 1 rings (SSSR count). The fourth-order valence-electron chi connectivity index (χ4n) is 1.51. The van der Waals surface area contributed by atoms with E-state index >= 15 is 0 Å². The normalized spacial score (nSPS) is 12.0. The van der Waals surface area contributed by atoms with Crippen molar-refractivity contribution in [2.24, 2.45) is 5.92 Å². The third kappa shape index (κ3) is 6.02. The van der Waals surface area contributed by atoms with E-state index in [1.54, 1.807) is 12.1 Å². The largest absolute Gasteiger partial charge is 0.396 e. The maximum Gasteiger partial charge on any atom is 0.315 e.